The van der Waals surface area contributed by atoms with E-state index in [1.807, 2.05) is 0 Å². The Morgan fingerprint density at radius 1 is 0.923 bits per heavy atom. The minimum Gasteiger partial charge on any atom is -0.379 e. The van der Waals surface area contributed by atoms with Crippen molar-refractivity contribution in [3.05, 3.63) is 0 Å². The van der Waals surface area contributed by atoms with Gasteiger partial charge in [-0.15, -0.1) is 0 Å². The molecular weight excluding hydrogens is 160 g/mol. The lowest BCUT2D eigenvalue weighted by Crippen LogP contribution is -2.07. The number of ether oxygens (including phenoxy) is 1. The van der Waals surface area contributed by atoms with Gasteiger partial charge in [-0.25, -0.2) is 0 Å². The van der Waals surface area contributed by atoms with Gasteiger partial charge < -0.3 is 4.74 Å². The summed E-state index contributed by atoms with van der Waals surface area (Å²) in [6.45, 7) is 9.68. The zero-order valence-corrected chi connectivity index (χ0v) is 9.81. The highest BCUT2D eigenvalue weighted by Crippen LogP contribution is 2.11. The molecule has 0 aromatic rings. The zero-order valence-electron chi connectivity index (χ0n) is 9.81. The SMILES string of the molecule is CCOC(C)CCCCCC(C)C. The summed E-state index contributed by atoms with van der Waals surface area (Å²) in [4.78, 5) is 0. The summed E-state index contributed by atoms with van der Waals surface area (Å²) < 4.78 is 5.47. The zero-order chi connectivity index (χ0) is 10.1. The van der Waals surface area contributed by atoms with Gasteiger partial charge in [-0.2, -0.15) is 0 Å². The summed E-state index contributed by atoms with van der Waals surface area (Å²) >= 11 is 0. The molecule has 0 aliphatic carbocycles. The molecule has 0 heterocycles. The molecule has 0 radical (unpaired) electrons. The summed E-state index contributed by atoms with van der Waals surface area (Å²) in [6, 6.07) is 0. The predicted molar refractivity (Wildman–Crippen MR) is 59.0 cm³/mol. The quantitative estimate of drug-likeness (QED) is 0.520. The molecule has 0 aliphatic rings. The number of unbranched alkanes of at least 4 members (excludes halogenated alkanes) is 2. The molecule has 0 spiro atoms. The number of hydrogen-bond donors (Lipinski definition) is 0. The van der Waals surface area contributed by atoms with E-state index in [4.69, 9.17) is 4.74 Å². The van der Waals surface area contributed by atoms with Crippen molar-refractivity contribution in [3.8, 4) is 0 Å². The van der Waals surface area contributed by atoms with Crippen LogP contribution >= 0.6 is 0 Å². The smallest absolute Gasteiger partial charge is 0.0546 e. The van der Waals surface area contributed by atoms with Crippen molar-refractivity contribution in [1.82, 2.24) is 0 Å². The molecule has 0 fully saturated rings. The second-order valence-electron chi connectivity index (χ2n) is 4.30. The van der Waals surface area contributed by atoms with E-state index in [0.717, 1.165) is 12.5 Å². The van der Waals surface area contributed by atoms with Gasteiger partial charge in [0.1, 0.15) is 0 Å². The molecule has 80 valence electrons. The summed E-state index contributed by atoms with van der Waals surface area (Å²) in [5.74, 6) is 0.865. The van der Waals surface area contributed by atoms with Crippen molar-refractivity contribution >= 4 is 0 Å². The third-order valence-corrected chi connectivity index (χ3v) is 2.34. The average molecular weight is 186 g/mol. The fourth-order valence-corrected chi connectivity index (χ4v) is 1.53. The molecule has 0 rings (SSSR count). The fourth-order valence-electron chi connectivity index (χ4n) is 1.53. The lowest BCUT2D eigenvalue weighted by Gasteiger charge is -2.11. The standard InChI is InChI=1S/C12H26O/c1-5-13-12(4)10-8-6-7-9-11(2)3/h11-12H,5-10H2,1-4H3. The minimum atomic E-state index is 0.462. The highest BCUT2D eigenvalue weighted by atomic mass is 16.5. The second kappa shape index (κ2) is 8.55. The van der Waals surface area contributed by atoms with E-state index in [9.17, 15) is 0 Å². The van der Waals surface area contributed by atoms with Crippen LogP contribution in [0.3, 0.4) is 0 Å². The maximum Gasteiger partial charge on any atom is 0.0546 e. The van der Waals surface area contributed by atoms with Crippen molar-refractivity contribution in [2.75, 3.05) is 6.61 Å². The molecule has 1 nitrogen and oxygen atoms in total. The first kappa shape index (κ1) is 13.0. The summed E-state index contributed by atoms with van der Waals surface area (Å²) in [6.07, 6.45) is 7.15. The Balaban J connectivity index is 3.06. The molecule has 13 heavy (non-hydrogen) atoms. The molecule has 0 saturated heterocycles. The van der Waals surface area contributed by atoms with Gasteiger partial charge in [0, 0.05) is 6.61 Å². The van der Waals surface area contributed by atoms with Crippen LogP contribution in [0.1, 0.15) is 59.8 Å². The van der Waals surface area contributed by atoms with Gasteiger partial charge in [-0.05, 0) is 26.2 Å². The van der Waals surface area contributed by atoms with Gasteiger partial charge in [0.2, 0.25) is 0 Å². The van der Waals surface area contributed by atoms with Crippen LogP contribution in [0.5, 0.6) is 0 Å². The Morgan fingerprint density at radius 3 is 2.08 bits per heavy atom. The van der Waals surface area contributed by atoms with Gasteiger partial charge in [0.25, 0.3) is 0 Å². The van der Waals surface area contributed by atoms with Crippen molar-refractivity contribution in [2.24, 2.45) is 5.92 Å². The van der Waals surface area contributed by atoms with Crippen LogP contribution < -0.4 is 0 Å². The fraction of sp³-hybridized carbons (Fsp3) is 1.00. The van der Waals surface area contributed by atoms with Gasteiger partial charge in [0.15, 0.2) is 0 Å². The highest BCUT2D eigenvalue weighted by Gasteiger charge is 2.00. The normalized spacial score (nSPS) is 13.6. The van der Waals surface area contributed by atoms with E-state index in [1.54, 1.807) is 0 Å². The molecule has 1 atom stereocenters. The Labute approximate surface area is 83.9 Å². The Morgan fingerprint density at radius 2 is 1.54 bits per heavy atom. The summed E-state index contributed by atoms with van der Waals surface area (Å²) in [5.41, 5.74) is 0. The van der Waals surface area contributed by atoms with E-state index in [0.29, 0.717) is 6.10 Å². The highest BCUT2D eigenvalue weighted by molar-refractivity contribution is 4.52. The lowest BCUT2D eigenvalue weighted by atomic mass is 10.0. The molecular formula is C12H26O. The van der Waals surface area contributed by atoms with E-state index in [1.165, 1.54) is 32.1 Å². The average Bonchev–Trinajstić information content (AvgIpc) is 2.03. The van der Waals surface area contributed by atoms with Crippen molar-refractivity contribution < 1.29 is 4.74 Å². The van der Waals surface area contributed by atoms with Crippen LogP contribution in [0.15, 0.2) is 0 Å². The third-order valence-electron chi connectivity index (χ3n) is 2.34. The van der Waals surface area contributed by atoms with Crippen LogP contribution in [-0.4, -0.2) is 12.7 Å². The van der Waals surface area contributed by atoms with E-state index >= 15 is 0 Å². The first-order valence-corrected chi connectivity index (χ1v) is 5.78. The summed E-state index contributed by atoms with van der Waals surface area (Å²) in [5, 5.41) is 0. The molecule has 0 aromatic heterocycles. The molecule has 0 N–H and O–H groups in total. The third kappa shape index (κ3) is 9.88. The predicted octanol–water partition coefficient (Wildman–Crippen LogP) is 4.02. The Bertz CT molecular complexity index is 99.3. The van der Waals surface area contributed by atoms with E-state index in [2.05, 4.69) is 27.7 Å². The van der Waals surface area contributed by atoms with Crippen molar-refractivity contribution in [3.63, 3.8) is 0 Å². The first-order valence-electron chi connectivity index (χ1n) is 5.78. The van der Waals surface area contributed by atoms with Crippen LogP contribution in [0.25, 0.3) is 0 Å². The number of rotatable bonds is 8. The minimum absolute atomic E-state index is 0.462. The molecule has 0 saturated carbocycles. The van der Waals surface area contributed by atoms with E-state index < -0.39 is 0 Å². The van der Waals surface area contributed by atoms with Crippen LogP contribution in [0.2, 0.25) is 0 Å². The molecule has 0 aromatic carbocycles. The first-order chi connectivity index (χ1) is 6.16. The van der Waals surface area contributed by atoms with Crippen molar-refractivity contribution in [1.29, 1.82) is 0 Å². The monoisotopic (exact) mass is 186 g/mol. The molecule has 1 heteroatoms. The van der Waals surface area contributed by atoms with Crippen LogP contribution in [0, 0.1) is 5.92 Å². The van der Waals surface area contributed by atoms with Gasteiger partial charge >= 0.3 is 0 Å². The number of hydrogen-bond acceptors (Lipinski definition) is 1. The van der Waals surface area contributed by atoms with Crippen molar-refractivity contribution in [2.45, 2.75) is 65.9 Å². The molecule has 0 amide bonds. The lowest BCUT2D eigenvalue weighted by molar-refractivity contribution is 0.0683. The molecule has 0 aliphatic heterocycles. The van der Waals surface area contributed by atoms with Gasteiger partial charge in [-0.1, -0.05) is 39.5 Å². The van der Waals surface area contributed by atoms with Crippen LogP contribution in [0.4, 0.5) is 0 Å². The Hall–Kier alpha value is -0.0400. The van der Waals surface area contributed by atoms with Crippen LogP contribution in [-0.2, 0) is 4.74 Å². The van der Waals surface area contributed by atoms with Gasteiger partial charge in [0.05, 0.1) is 6.10 Å². The maximum atomic E-state index is 5.47. The molecule has 1 unspecified atom stereocenters. The largest absolute Gasteiger partial charge is 0.379 e. The van der Waals surface area contributed by atoms with E-state index in [-0.39, 0.29) is 0 Å². The van der Waals surface area contributed by atoms with Gasteiger partial charge in [-0.3, -0.25) is 0 Å². The topological polar surface area (TPSA) is 9.23 Å². The summed E-state index contributed by atoms with van der Waals surface area (Å²) in [7, 11) is 0. The maximum absolute atomic E-state index is 5.47. The second-order valence-corrected chi connectivity index (χ2v) is 4.30. The molecule has 0 bridgehead atoms. The Kier molecular flexibility index (Phi) is 8.53.